The molecule has 0 saturated carbocycles. The van der Waals surface area contributed by atoms with Gasteiger partial charge in [0.25, 0.3) is 0 Å². The van der Waals surface area contributed by atoms with Crippen molar-refractivity contribution in [3.63, 3.8) is 0 Å². The molecule has 0 radical (unpaired) electrons. The van der Waals surface area contributed by atoms with E-state index in [1.165, 1.54) is 54.1 Å². The lowest BCUT2D eigenvalue weighted by Gasteiger charge is -2.17. The van der Waals surface area contributed by atoms with Crippen molar-refractivity contribution in [2.75, 3.05) is 0 Å². The van der Waals surface area contributed by atoms with Crippen molar-refractivity contribution in [2.45, 2.75) is 0 Å². The summed E-state index contributed by atoms with van der Waals surface area (Å²) >= 11 is 0. The second-order valence-electron chi connectivity index (χ2n) is 18.1. The lowest BCUT2D eigenvalue weighted by atomic mass is 9.92. The molecule has 0 aliphatic heterocycles. The normalized spacial score (nSPS) is 11.7. The molecule has 0 unspecified atom stereocenters. The molecule has 0 atom stereocenters. The van der Waals surface area contributed by atoms with Gasteiger partial charge in [0.05, 0.1) is 27.9 Å². The van der Waals surface area contributed by atoms with E-state index in [9.17, 15) is 0 Å². The maximum absolute atomic E-state index is 5.61. The summed E-state index contributed by atoms with van der Waals surface area (Å²) in [4.78, 5) is 11.2. The molecular weight excluding hydrogens is 849 g/mol. The number of fused-ring (bicyclic) bond motifs is 10. The van der Waals surface area contributed by atoms with Crippen LogP contribution in [-0.2, 0) is 0 Å². The number of para-hydroxylation sites is 3. The van der Waals surface area contributed by atoms with E-state index in [1.54, 1.807) is 0 Å². The highest BCUT2D eigenvalue weighted by Gasteiger charge is 2.23. The Morgan fingerprint density at radius 3 is 1.53 bits per heavy atom. The number of hydrogen-bond donors (Lipinski definition) is 0. The first-order valence-electron chi connectivity index (χ1n) is 23.9. The molecule has 0 fully saturated rings. The Hall–Kier alpha value is -9.38. The minimum atomic E-state index is 0.664. The molecule has 14 rings (SSSR count). The summed E-state index contributed by atoms with van der Waals surface area (Å²) in [5, 5.41) is 10.6. The fraction of sp³-hybridized carbons (Fsp3) is 0. The Kier molecular flexibility index (Phi) is 9.17. The van der Waals surface area contributed by atoms with E-state index in [1.807, 2.05) is 0 Å². The molecule has 3 aromatic heterocycles. The van der Waals surface area contributed by atoms with Crippen LogP contribution in [0.15, 0.2) is 255 Å². The molecule has 3 heterocycles. The van der Waals surface area contributed by atoms with Gasteiger partial charge in [-0.2, -0.15) is 0 Å². The molecule has 0 amide bonds. The standard InChI is InChI=1S/C66H42N4/c1-5-20-43(21-6-1)51-34-19-35-58-62(44-22-7-2-8-23-44)67-66(68-63(51)58)48-39-46(59-41-45-36-37-69(49-24-9-3-10-25-49)64(45)56-32-17-16-31-55(56)59)38-47(40-48)61-42-60-54-30-14-13-28-52(54)53-29-15-18-33-57(53)65(60)70(61)50-26-11-4-12-27-50/h1-42H. The molecule has 0 aliphatic rings. The van der Waals surface area contributed by atoms with Gasteiger partial charge >= 0.3 is 0 Å². The van der Waals surface area contributed by atoms with Crippen LogP contribution in [0.25, 0.3) is 133 Å². The first-order chi connectivity index (χ1) is 34.7. The summed E-state index contributed by atoms with van der Waals surface area (Å²) in [6.45, 7) is 0. The van der Waals surface area contributed by atoms with Crippen molar-refractivity contribution >= 4 is 65.0 Å². The minimum Gasteiger partial charge on any atom is -0.316 e. The quantitative estimate of drug-likeness (QED) is 0.149. The molecule has 14 aromatic rings. The molecular formula is C66H42N4. The van der Waals surface area contributed by atoms with Crippen LogP contribution in [0.4, 0.5) is 0 Å². The SMILES string of the molecule is c1ccc(-c2nc(-c3cc(-c4cc5ccn(-c6ccccc6)c5c5ccccc45)cc(-c4cc5c6ccccc6c6ccccc6c5n4-c4ccccc4)c3)nc3c(-c4ccccc4)cccc23)cc1. The van der Waals surface area contributed by atoms with Crippen molar-refractivity contribution in [3.05, 3.63) is 255 Å². The third-order valence-electron chi connectivity index (χ3n) is 14.1. The maximum atomic E-state index is 5.61. The monoisotopic (exact) mass is 890 g/mol. The van der Waals surface area contributed by atoms with Gasteiger partial charge in [-0.3, -0.25) is 0 Å². The molecule has 326 valence electrons. The molecule has 0 spiro atoms. The van der Waals surface area contributed by atoms with Crippen LogP contribution in [0.2, 0.25) is 0 Å². The third-order valence-corrected chi connectivity index (χ3v) is 14.1. The first-order valence-corrected chi connectivity index (χ1v) is 23.9. The summed E-state index contributed by atoms with van der Waals surface area (Å²) in [5.41, 5.74) is 14.9. The summed E-state index contributed by atoms with van der Waals surface area (Å²) in [6, 6.07) is 89.6. The predicted molar refractivity (Wildman–Crippen MR) is 293 cm³/mol. The van der Waals surface area contributed by atoms with Crippen molar-refractivity contribution in [3.8, 4) is 67.5 Å². The second kappa shape index (κ2) is 16.2. The third kappa shape index (κ3) is 6.38. The molecule has 4 heteroatoms. The molecule has 4 nitrogen and oxygen atoms in total. The van der Waals surface area contributed by atoms with Gasteiger partial charge in [0.1, 0.15) is 0 Å². The summed E-state index contributed by atoms with van der Waals surface area (Å²) < 4.78 is 4.78. The Bertz CT molecular complexity index is 4320. The predicted octanol–water partition coefficient (Wildman–Crippen LogP) is 17.3. The summed E-state index contributed by atoms with van der Waals surface area (Å²) in [7, 11) is 0. The topological polar surface area (TPSA) is 35.6 Å². The fourth-order valence-electron chi connectivity index (χ4n) is 11.0. The van der Waals surface area contributed by atoms with Gasteiger partial charge in [0.15, 0.2) is 5.82 Å². The molecule has 0 aliphatic carbocycles. The highest BCUT2D eigenvalue weighted by Crippen LogP contribution is 2.45. The van der Waals surface area contributed by atoms with Gasteiger partial charge < -0.3 is 9.13 Å². The largest absolute Gasteiger partial charge is 0.316 e. The Morgan fingerprint density at radius 2 is 0.829 bits per heavy atom. The van der Waals surface area contributed by atoms with Gasteiger partial charge in [0, 0.05) is 61.2 Å². The highest BCUT2D eigenvalue weighted by atomic mass is 15.0. The van der Waals surface area contributed by atoms with E-state index in [4.69, 9.17) is 9.97 Å². The van der Waals surface area contributed by atoms with E-state index in [0.717, 1.165) is 72.6 Å². The maximum Gasteiger partial charge on any atom is 0.160 e. The molecule has 11 aromatic carbocycles. The van der Waals surface area contributed by atoms with E-state index in [2.05, 4.69) is 264 Å². The fourth-order valence-corrected chi connectivity index (χ4v) is 11.0. The van der Waals surface area contributed by atoms with Crippen LogP contribution in [0.1, 0.15) is 0 Å². The van der Waals surface area contributed by atoms with E-state index in [0.29, 0.717) is 5.82 Å². The van der Waals surface area contributed by atoms with Gasteiger partial charge in [0.2, 0.25) is 0 Å². The zero-order chi connectivity index (χ0) is 46.1. The average Bonchev–Trinajstić information content (AvgIpc) is 4.07. The minimum absolute atomic E-state index is 0.664. The number of nitrogens with zero attached hydrogens (tertiary/aromatic N) is 4. The second-order valence-corrected chi connectivity index (χ2v) is 18.1. The smallest absolute Gasteiger partial charge is 0.160 e. The molecule has 0 bridgehead atoms. The lowest BCUT2D eigenvalue weighted by Crippen LogP contribution is -2.00. The van der Waals surface area contributed by atoms with Crippen LogP contribution in [0.5, 0.6) is 0 Å². The average molecular weight is 891 g/mol. The van der Waals surface area contributed by atoms with E-state index >= 15 is 0 Å². The van der Waals surface area contributed by atoms with E-state index in [-0.39, 0.29) is 0 Å². The Balaban J connectivity index is 1.11. The van der Waals surface area contributed by atoms with Gasteiger partial charge in [-0.1, -0.05) is 188 Å². The van der Waals surface area contributed by atoms with Crippen molar-refractivity contribution in [2.24, 2.45) is 0 Å². The van der Waals surface area contributed by atoms with Crippen LogP contribution < -0.4 is 0 Å². The van der Waals surface area contributed by atoms with Crippen molar-refractivity contribution < 1.29 is 0 Å². The Labute approximate surface area is 404 Å². The zero-order valence-electron chi connectivity index (χ0n) is 38.0. The van der Waals surface area contributed by atoms with Crippen molar-refractivity contribution in [1.82, 2.24) is 19.1 Å². The lowest BCUT2D eigenvalue weighted by molar-refractivity contribution is 1.13. The van der Waals surface area contributed by atoms with E-state index < -0.39 is 0 Å². The summed E-state index contributed by atoms with van der Waals surface area (Å²) in [6.07, 6.45) is 2.20. The van der Waals surface area contributed by atoms with Crippen LogP contribution >= 0.6 is 0 Å². The van der Waals surface area contributed by atoms with Crippen LogP contribution in [-0.4, -0.2) is 19.1 Å². The van der Waals surface area contributed by atoms with Gasteiger partial charge in [-0.05, 0) is 104 Å². The molecule has 0 N–H and O–H groups in total. The Morgan fingerprint density at radius 1 is 0.300 bits per heavy atom. The van der Waals surface area contributed by atoms with Crippen molar-refractivity contribution in [1.29, 1.82) is 0 Å². The summed E-state index contributed by atoms with van der Waals surface area (Å²) in [5.74, 6) is 0.664. The van der Waals surface area contributed by atoms with Crippen LogP contribution in [0.3, 0.4) is 0 Å². The number of rotatable bonds is 7. The number of aromatic nitrogens is 4. The highest BCUT2D eigenvalue weighted by molar-refractivity contribution is 6.26. The molecule has 70 heavy (non-hydrogen) atoms. The number of hydrogen-bond acceptors (Lipinski definition) is 2. The van der Waals surface area contributed by atoms with Gasteiger partial charge in [-0.25, -0.2) is 9.97 Å². The van der Waals surface area contributed by atoms with Gasteiger partial charge in [-0.15, -0.1) is 0 Å². The zero-order valence-corrected chi connectivity index (χ0v) is 38.0. The van der Waals surface area contributed by atoms with Crippen LogP contribution in [0, 0.1) is 0 Å². The first kappa shape index (κ1) is 39.8. The molecule has 0 saturated heterocycles. The number of benzene rings is 11.